The summed E-state index contributed by atoms with van der Waals surface area (Å²) >= 11 is 0. The van der Waals surface area contributed by atoms with Gasteiger partial charge < -0.3 is 15.4 Å². The molecular formula is C21H31N3O3. The summed E-state index contributed by atoms with van der Waals surface area (Å²) in [5.74, 6) is -0.998. The molecule has 1 atom stereocenters. The first-order chi connectivity index (χ1) is 13.2. The molecule has 27 heavy (non-hydrogen) atoms. The van der Waals surface area contributed by atoms with Crippen LogP contribution in [0.5, 0.6) is 0 Å². The second-order valence-electron chi connectivity index (χ2n) is 7.49. The summed E-state index contributed by atoms with van der Waals surface area (Å²) in [4.78, 5) is 26.3. The Bertz CT molecular complexity index is 602. The van der Waals surface area contributed by atoms with Crippen molar-refractivity contribution in [3.8, 4) is 0 Å². The van der Waals surface area contributed by atoms with Crippen molar-refractivity contribution in [3.05, 3.63) is 35.9 Å². The molecule has 1 saturated carbocycles. The third-order valence-electron chi connectivity index (χ3n) is 5.41. The zero-order valence-electron chi connectivity index (χ0n) is 16.0. The van der Waals surface area contributed by atoms with E-state index in [-0.39, 0.29) is 12.1 Å². The first kappa shape index (κ1) is 19.8. The van der Waals surface area contributed by atoms with Gasteiger partial charge >= 0.3 is 11.8 Å². The van der Waals surface area contributed by atoms with E-state index in [4.69, 9.17) is 4.74 Å². The van der Waals surface area contributed by atoms with Crippen LogP contribution in [-0.4, -0.2) is 55.5 Å². The molecule has 1 heterocycles. The monoisotopic (exact) mass is 373 g/mol. The molecule has 0 unspecified atom stereocenters. The number of nitrogens with zero attached hydrogens (tertiary/aromatic N) is 1. The van der Waals surface area contributed by atoms with E-state index in [1.165, 1.54) is 12.0 Å². The largest absolute Gasteiger partial charge is 0.371 e. The van der Waals surface area contributed by atoms with E-state index in [9.17, 15) is 9.59 Å². The Morgan fingerprint density at radius 3 is 2.63 bits per heavy atom. The normalized spacial score (nSPS) is 21.6. The van der Waals surface area contributed by atoms with Crippen LogP contribution in [0.15, 0.2) is 30.3 Å². The number of carbonyl (C=O) groups is 2. The lowest BCUT2D eigenvalue weighted by molar-refractivity contribution is -0.139. The molecule has 6 nitrogen and oxygen atoms in total. The van der Waals surface area contributed by atoms with Gasteiger partial charge in [0.05, 0.1) is 12.7 Å². The number of morpholine rings is 1. The van der Waals surface area contributed by atoms with Crippen LogP contribution in [0, 0.1) is 0 Å². The van der Waals surface area contributed by atoms with Gasteiger partial charge in [0.15, 0.2) is 0 Å². The lowest BCUT2D eigenvalue weighted by Crippen LogP contribution is -2.46. The highest BCUT2D eigenvalue weighted by atomic mass is 16.5. The predicted molar refractivity (Wildman–Crippen MR) is 104 cm³/mol. The molecule has 2 aliphatic rings. The van der Waals surface area contributed by atoms with Crippen LogP contribution in [0.25, 0.3) is 0 Å². The molecule has 0 aromatic heterocycles. The fourth-order valence-corrected chi connectivity index (χ4v) is 3.86. The smallest absolute Gasteiger partial charge is 0.309 e. The molecule has 6 heteroatoms. The SMILES string of the molecule is O=C(NCCCN1CCO[C@H](c2ccccc2)C1)C(=O)NC1CCCCC1. The maximum absolute atomic E-state index is 12.0. The van der Waals surface area contributed by atoms with Crippen LogP contribution in [0.4, 0.5) is 0 Å². The van der Waals surface area contributed by atoms with E-state index in [0.717, 1.165) is 58.3 Å². The molecule has 2 amide bonds. The standard InChI is InChI=1S/C21H31N3O3/c25-20(21(26)23-18-10-5-2-6-11-18)22-12-7-13-24-14-15-27-19(16-24)17-8-3-1-4-9-17/h1,3-4,8-9,18-19H,2,5-7,10-16H2,(H,22,25)(H,23,26)/t19-/m0/s1. The van der Waals surface area contributed by atoms with Gasteiger partial charge in [-0.1, -0.05) is 49.6 Å². The van der Waals surface area contributed by atoms with Crippen molar-refractivity contribution in [2.24, 2.45) is 0 Å². The van der Waals surface area contributed by atoms with Crippen LogP contribution in [0.2, 0.25) is 0 Å². The van der Waals surface area contributed by atoms with Crippen molar-refractivity contribution in [2.75, 3.05) is 32.8 Å². The maximum Gasteiger partial charge on any atom is 0.309 e. The molecular weight excluding hydrogens is 342 g/mol. The summed E-state index contributed by atoms with van der Waals surface area (Å²) in [5.41, 5.74) is 1.20. The summed E-state index contributed by atoms with van der Waals surface area (Å²) in [5, 5.41) is 5.60. The lowest BCUT2D eigenvalue weighted by atomic mass is 9.95. The number of carbonyl (C=O) groups excluding carboxylic acids is 2. The zero-order chi connectivity index (χ0) is 18.9. The van der Waals surface area contributed by atoms with Crippen molar-refractivity contribution < 1.29 is 14.3 Å². The molecule has 1 aliphatic carbocycles. The second-order valence-corrected chi connectivity index (χ2v) is 7.49. The third kappa shape index (κ3) is 6.33. The molecule has 0 bridgehead atoms. The van der Waals surface area contributed by atoms with Gasteiger partial charge in [0, 0.05) is 32.2 Å². The molecule has 1 aromatic carbocycles. The summed E-state index contributed by atoms with van der Waals surface area (Å²) in [6, 6.07) is 10.4. The molecule has 1 aromatic rings. The second kappa shape index (κ2) is 10.4. The van der Waals surface area contributed by atoms with Gasteiger partial charge in [0.1, 0.15) is 0 Å². The number of nitrogens with one attached hydrogen (secondary N) is 2. The van der Waals surface area contributed by atoms with Gasteiger partial charge in [-0.05, 0) is 24.8 Å². The Hall–Kier alpha value is -1.92. The minimum Gasteiger partial charge on any atom is -0.371 e. The summed E-state index contributed by atoms with van der Waals surface area (Å²) < 4.78 is 5.88. The van der Waals surface area contributed by atoms with E-state index in [0.29, 0.717) is 6.54 Å². The zero-order valence-corrected chi connectivity index (χ0v) is 16.0. The van der Waals surface area contributed by atoms with E-state index < -0.39 is 11.8 Å². The molecule has 1 saturated heterocycles. The Morgan fingerprint density at radius 2 is 1.85 bits per heavy atom. The summed E-state index contributed by atoms with van der Waals surface area (Å²) in [7, 11) is 0. The maximum atomic E-state index is 12.0. The Morgan fingerprint density at radius 1 is 1.07 bits per heavy atom. The van der Waals surface area contributed by atoms with E-state index >= 15 is 0 Å². The van der Waals surface area contributed by atoms with Gasteiger partial charge in [-0.25, -0.2) is 0 Å². The first-order valence-electron chi connectivity index (χ1n) is 10.2. The van der Waals surface area contributed by atoms with Crippen LogP contribution < -0.4 is 10.6 Å². The van der Waals surface area contributed by atoms with Crippen LogP contribution >= 0.6 is 0 Å². The average Bonchev–Trinajstić information content (AvgIpc) is 2.72. The number of rotatable bonds is 6. The van der Waals surface area contributed by atoms with E-state index in [1.54, 1.807) is 0 Å². The minimum absolute atomic E-state index is 0.107. The fraction of sp³-hybridized carbons (Fsp3) is 0.619. The van der Waals surface area contributed by atoms with E-state index in [1.807, 2.05) is 18.2 Å². The number of amides is 2. The Balaban J connectivity index is 1.32. The van der Waals surface area contributed by atoms with Crippen LogP contribution in [0.1, 0.15) is 50.2 Å². The Kier molecular flexibility index (Phi) is 7.66. The lowest BCUT2D eigenvalue weighted by Gasteiger charge is -2.33. The molecule has 1 aliphatic heterocycles. The quantitative estimate of drug-likeness (QED) is 0.591. The molecule has 0 radical (unpaired) electrons. The number of hydrogen-bond acceptors (Lipinski definition) is 4. The molecule has 2 N–H and O–H groups in total. The highest BCUT2D eigenvalue weighted by molar-refractivity contribution is 6.35. The van der Waals surface area contributed by atoms with E-state index in [2.05, 4.69) is 27.7 Å². The fourth-order valence-electron chi connectivity index (χ4n) is 3.86. The van der Waals surface area contributed by atoms with Crippen molar-refractivity contribution in [1.82, 2.24) is 15.5 Å². The molecule has 148 valence electrons. The van der Waals surface area contributed by atoms with Crippen molar-refractivity contribution in [1.29, 1.82) is 0 Å². The van der Waals surface area contributed by atoms with Crippen molar-refractivity contribution in [2.45, 2.75) is 50.7 Å². The topological polar surface area (TPSA) is 70.7 Å². The predicted octanol–water partition coefficient (Wildman–Crippen LogP) is 2.02. The first-order valence-corrected chi connectivity index (χ1v) is 10.2. The van der Waals surface area contributed by atoms with Gasteiger partial charge in [0.2, 0.25) is 0 Å². The van der Waals surface area contributed by atoms with Crippen LogP contribution in [-0.2, 0) is 14.3 Å². The molecule has 2 fully saturated rings. The number of ether oxygens (including phenoxy) is 1. The highest BCUT2D eigenvalue weighted by Gasteiger charge is 2.22. The molecule has 3 rings (SSSR count). The van der Waals surface area contributed by atoms with Crippen LogP contribution in [0.3, 0.4) is 0 Å². The van der Waals surface area contributed by atoms with Crippen molar-refractivity contribution in [3.63, 3.8) is 0 Å². The summed E-state index contributed by atoms with van der Waals surface area (Å²) in [6.45, 7) is 3.89. The van der Waals surface area contributed by atoms with Gasteiger partial charge in [0.25, 0.3) is 0 Å². The van der Waals surface area contributed by atoms with Crippen molar-refractivity contribution >= 4 is 11.8 Å². The highest BCUT2D eigenvalue weighted by Crippen LogP contribution is 2.21. The number of benzene rings is 1. The average molecular weight is 373 g/mol. The molecule has 0 spiro atoms. The minimum atomic E-state index is -0.510. The Labute approximate surface area is 161 Å². The van der Waals surface area contributed by atoms with Gasteiger partial charge in [-0.2, -0.15) is 0 Å². The van der Waals surface area contributed by atoms with Gasteiger partial charge in [-0.3, -0.25) is 14.5 Å². The van der Waals surface area contributed by atoms with Gasteiger partial charge in [-0.15, -0.1) is 0 Å². The third-order valence-corrected chi connectivity index (χ3v) is 5.41. The summed E-state index contributed by atoms with van der Waals surface area (Å²) in [6.07, 6.45) is 6.40. The number of hydrogen-bond donors (Lipinski definition) is 2.